The second kappa shape index (κ2) is 10.1. The van der Waals surface area contributed by atoms with Crippen molar-refractivity contribution in [2.45, 2.75) is 40.5 Å². The van der Waals surface area contributed by atoms with Crippen LogP contribution in [-0.2, 0) is 0 Å². The van der Waals surface area contributed by atoms with Crippen LogP contribution in [-0.4, -0.2) is 12.9 Å². The van der Waals surface area contributed by atoms with E-state index in [2.05, 4.69) is 0 Å². The molecule has 19 heavy (non-hydrogen) atoms. The van der Waals surface area contributed by atoms with Gasteiger partial charge in [-0.25, -0.2) is 0 Å². The molecule has 1 saturated carbocycles. The van der Waals surface area contributed by atoms with Gasteiger partial charge in [-0.1, -0.05) is 50.9 Å². The standard InChI is InChI=1S/C11H10Cl2O2.2C2H6/c12-9-3-8(5-14)11(4-10(9)13)15-6-7-1-2-7;2*1-2/h3-5,7H,1-2,6H2;2*1-2H3. The molecule has 0 N–H and O–H groups in total. The normalized spacial score (nSPS) is 12.5. The number of benzene rings is 1. The van der Waals surface area contributed by atoms with E-state index in [1.165, 1.54) is 18.9 Å². The SMILES string of the molecule is CC.CC.O=Cc1cc(Cl)c(Cl)cc1OCC1CC1. The van der Waals surface area contributed by atoms with Crippen molar-refractivity contribution in [3.63, 3.8) is 0 Å². The van der Waals surface area contributed by atoms with Gasteiger partial charge in [0.2, 0.25) is 0 Å². The summed E-state index contributed by atoms with van der Waals surface area (Å²) in [5.74, 6) is 1.16. The zero-order valence-corrected chi connectivity index (χ0v) is 13.5. The van der Waals surface area contributed by atoms with E-state index in [9.17, 15) is 4.79 Å². The van der Waals surface area contributed by atoms with Gasteiger partial charge in [-0.2, -0.15) is 0 Å². The minimum absolute atomic E-state index is 0.373. The van der Waals surface area contributed by atoms with Crippen LogP contribution in [0.4, 0.5) is 0 Å². The van der Waals surface area contributed by atoms with Crippen LogP contribution >= 0.6 is 23.2 Å². The van der Waals surface area contributed by atoms with Gasteiger partial charge in [-0.15, -0.1) is 0 Å². The summed E-state index contributed by atoms with van der Waals surface area (Å²) in [6.45, 7) is 8.65. The van der Waals surface area contributed by atoms with Crippen LogP contribution in [0.1, 0.15) is 50.9 Å². The lowest BCUT2D eigenvalue weighted by Crippen LogP contribution is -2.01. The third-order valence-corrected chi connectivity index (χ3v) is 3.07. The Labute approximate surface area is 126 Å². The van der Waals surface area contributed by atoms with Crippen molar-refractivity contribution in [3.05, 3.63) is 27.7 Å². The van der Waals surface area contributed by atoms with Crippen molar-refractivity contribution in [2.24, 2.45) is 5.92 Å². The van der Waals surface area contributed by atoms with Crippen molar-refractivity contribution in [3.8, 4) is 5.75 Å². The third kappa shape index (κ3) is 6.31. The van der Waals surface area contributed by atoms with E-state index in [1.54, 1.807) is 6.07 Å². The first-order valence-electron chi connectivity index (χ1n) is 6.77. The molecule has 108 valence electrons. The first-order valence-corrected chi connectivity index (χ1v) is 7.53. The van der Waals surface area contributed by atoms with E-state index < -0.39 is 0 Å². The quantitative estimate of drug-likeness (QED) is 0.672. The van der Waals surface area contributed by atoms with Crippen LogP contribution in [0.5, 0.6) is 5.75 Å². The topological polar surface area (TPSA) is 26.3 Å². The average Bonchev–Trinajstić information content (AvgIpc) is 3.28. The molecule has 1 aromatic rings. The molecule has 0 atom stereocenters. The Morgan fingerprint density at radius 1 is 1.16 bits per heavy atom. The summed E-state index contributed by atoms with van der Waals surface area (Å²) in [5.41, 5.74) is 0.449. The van der Waals surface area contributed by atoms with Crippen LogP contribution < -0.4 is 4.74 Å². The van der Waals surface area contributed by atoms with E-state index in [1.807, 2.05) is 27.7 Å². The molecule has 0 unspecified atom stereocenters. The zero-order chi connectivity index (χ0) is 14.8. The van der Waals surface area contributed by atoms with Crippen LogP contribution in [0, 0.1) is 5.92 Å². The highest BCUT2D eigenvalue weighted by Crippen LogP contribution is 2.33. The molecule has 1 aliphatic carbocycles. The van der Waals surface area contributed by atoms with Gasteiger partial charge in [0.25, 0.3) is 0 Å². The Balaban J connectivity index is 0.000000741. The van der Waals surface area contributed by atoms with Gasteiger partial charge in [0.15, 0.2) is 6.29 Å². The zero-order valence-electron chi connectivity index (χ0n) is 12.0. The number of halogens is 2. The van der Waals surface area contributed by atoms with Gasteiger partial charge in [0, 0.05) is 6.07 Å². The van der Waals surface area contributed by atoms with E-state index in [0.29, 0.717) is 33.9 Å². The van der Waals surface area contributed by atoms with Gasteiger partial charge in [-0.3, -0.25) is 4.79 Å². The largest absolute Gasteiger partial charge is 0.492 e. The molecule has 4 heteroatoms. The summed E-state index contributed by atoms with van der Waals surface area (Å²) >= 11 is 11.6. The number of ether oxygens (including phenoxy) is 1. The Bertz CT molecular complexity index is 388. The molecule has 0 bridgehead atoms. The molecule has 0 amide bonds. The molecule has 2 rings (SSSR count). The van der Waals surface area contributed by atoms with E-state index in [4.69, 9.17) is 27.9 Å². The molecule has 2 nitrogen and oxygen atoms in total. The number of hydrogen-bond acceptors (Lipinski definition) is 2. The molecule has 1 aromatic carbocycles. The molecular weight excluding hydrogens is 283 g/mol. The van der Waals surface area contributed by atoms with Crippen molar-refractivity contribution >= 4 is 29.5 Å². The van der Waals surface area contributed by atoms with Crippen molar-refractivity contribution in [1.82, 2.24) is 0 Å². The number of carbonyl (C=O) groups is 1. The average molecular weight is 305 g/mol. The second-order valence-corrected chi connectivity index (χ2v) is 4.49. The van der Waals surface area contributed by atoms with Crippen LogP contribution in [0.15, 0.2) is 12.1 Å². The van der Waals surface area contributed by atoms with Crippen molar-refractivity contribution in [2.75, 3.05) is 6.61 Å². The highest BCUT2D eigenvalue weighted by atomic mass is 35.5. The fourth-order valence-electron chi connectivity index (χ4n) is 1.25. The van der Waals surface area contributed by atoms with Crippen LogP contribution in [0.2, 0.25) is 10.0 Å². The lowest BCUT2D eigenvalue weighted by Gasteiger charge is -2.08. The fourth-order valence-corrected chi connectivity index (χ4v) is 1.58. The predicted octanol–water partition coefficient (Wildman–Crippen LogP) is 5.65. The van der Waals surface area contributed by atoms with Gasteiger partial charge in [-0.05, 0) is 24.8 Å². The maximum Gasteiger partial charge on any atom is 0.153 e. The molecule has 0 spiro atoms. The Morgan fingerprint density at radius 3 is 2.16 bits per heavy atom. The van der Waals surface area contributed by atoms with Crippen LogP contribution in [0.25, 0.3) is 0 Å². The fraction of sp³-hybridized carbons (Fsp3) is 0.533. The lowest BCUT2D eigenvalue weighted by molar-refractivity contribution is 0.111. The number of aldehydes is 1. The minimum Gasteiger partial charge on any atom is -0.492 e. The predicted molar refractivity (Wildman–Crippen MR) is 82.8 cm³/mol. The number of carbonyl (C=O) groups excluding carboxylic acids is 1. The third-order valence-electron chi connectivity index (χ3n) is 2.35. The molecular formula is C15H22Cl2O2. The summed E-state index contributed by atoms with van der Waals surface area (Å²) < 4.78 is 5.51. The van der Waals surface area contributed by atoms with E-state index in [-0.39, 0.29) is 0 Å². The Morgan fingerprint density at radius 2 is 1.68 bits per heavy atom. The molecule has 0 radical (unpaired) electrons. The van der Waals surface area contributed by atoms with Crippen molar-refractivity contribution in [1.29, 1.82) is 0 Å². The summed E-state index contributed by atoms with van der Waals surface area (Å²) in [7, 11) is 0. The molecule has 0 saturated heterocycles. The van der Waals surface area contributed by atoms with Gasteiger partial charge in [0.1, 0.15) is 5.75 Å². The summed E-state index contributed by atoms with van der Waals surface area (Å²) in [5, 5.41) is 0.783. The Kier molecular flexibility index (Phi) is 9.72. The maximum atomic E-state index is 10.8. The highest BCUT2D eigenvalue weighted by molar-refractivity contribution is 6.42. The van der Waals surface area contributed by atoms with Gasteiger partial charge in [0.05, 0.1) is 22.2 Å². The molecule has 0 heterocycles. The molecule has 1 aliphatic rings. The van der Waals surface area contributed by atoms with Gasteiger partial charge >= 0.3 is 0 Å². The maximum absolute atomic E-state index is 10.8. The van der Waals surface area contributed by atoms with E-state index in [0.717, 1.165) is 6.29 Å². The monoisotopic (exact) mass is 304 g/mol. The smallest absolute Gasteiger partial charge is 0.153 e. The number of hydrogen-bond donors (Lipinski definition) is 0. The van der Waals surface area contributed by atoms with Crippen molar-refractivity contribution < 1.29 is 9.53 Å². The van der Waals surface area contributed by atoms with Crippen LogP contribution in [0.3, 0.4) is 0 Å². The second-order valence-electron chi connectivity index (χ2n) is 3.68. The number of rotatable bonds is 4. The lowest BCUT2D eigenvalue weighted by atomic mass is 10.2. The molecule has 0 aliphatic heterocycles. The molecule has 1 fully saturated rings. The van der Waals surface area contributed by atoms with E-state index >= 15 is 0 Å². The first-order chi connectivity index (χ1) is 9.20. The minimum atomic E-state index is 0.373. The summed E-state index contributed by atoms with van der Waals surface area (Å²) in [4.78, 5) is 10.8. The molecule has 0 aromatic heterocycles. The van der Waals surface area contributed by atoms with Gasteiger partial charge < -0.3 is 4.74 Å². The Hall–Kier alpha value is -0.730. The highest BCUT2D eigenvalue weighted by Gasteiger charge is 2.22. The summed E-state index contributed by atoms with van der Waals surface area (Å²) in [6.07, 6.45) is 3.14. The first kappa shape index (κ1) is 18.3. The summed E-state index contributed by atoms with van der Waals surface area (Å²) in [6, 6.07) is 3.12.